The van der Waals surface area contributed by atoms with Crippen LogP contribution < -0.4 is 20.1 Å². The molecule has 7 nitrogen and oxygen atoms in total. The average Bonchev–Trinajstić information content (AvgIpc) is 3.14. The Labute approximate surface area is 166 Å². The molecule has 1 fully saturated rings. The van der Waals surface area contributed by atoms with Crippen LogP contribution in [-0.4, -0.2) is 35.6 Å². The van der Waals surface area contributed by atoms with Crippen LogP contribution in [0.15, 0.2) is 42.5 Å². The molecule has 0 bridgehead atoms. The van der Waals surface area contributed by atoms with Crippen molar-refractivity contribution in [3.63, 3.8) is 0 Å². The number of ketones is 1. The highest BCUT2D eigenvalue weighted by Crippen LogP contribution is 2.45. The lowest BCUT2D eigenvalue weighted by Crippen LogP contribution is -2.72. The summed E-state index contributed by atoms with van der Waals surface area (Å²) < 4.78 is 65.1. The summed E-state index contributed by atoms with van der Waals surface area (Å²) in [5, 5.41) is 14.2. The molecular weight excluding hydrogens is 412 g/mol. The Balaban J connectivity index is 1.84. The molecule has 0 aliphatic carbocycles. The predicted molar refractivity (Wildman–Crippen MR) is 92.2 cm³/mol. The van der Waals surface area contributed by atoms with Crippen molar-refractivity contribution in [3.8, 4) is 11.5 Å². The molecule has 1 saturated heterocycles. The van der Waals surface area contributed by atoms with Gasteiger partial charge in [-0.15, -0.1) is 0 Å². The number of fused-ring (bicyclic) bond motifs is 1. The predicted octanol–water partition coefficient (Wildman–Crippen LogP) is 2.66. The highest BCUT2D eigenvalue weighted by Gasteiger charge is 2.66. The molecule has 2 aromatic carbocycles. The zero-order chi connectivity index (χ0) is 21.7. The first kappa shape index (κ1) is 20.0. The zero-order valence-electron chi connectivity index (χ0n) is 15.0. The molecule has 11 heteroatoms. The van der Waals surface area contributed by atoms with Crippen molar-refractivity contribution in [2.24, 2.45) is 5.92 Å². The summed E-state index contributed by atoms with van der Waals surface area (Å²) in [6.07, 6.45) is -5.39. The van der Waals surface area contributed by atoms with E-state index in [1.54, 1.807) is 0 Å². The van der Waals surface area contributed by atoms with Crippen LogP contribution in [-0.2, 0) is 0 Å². The van der Waals surface area contributed by atoms with Crippen LogP contribution in [0, 0.1) is 11.7 Å². The van der Waals surface area contributed by atoms with Gasteiger partial charge in [-0.3, -0.25) is 4.79 Å². The minimum atomic E-state index is -5.39. The number of nitrogens with one attached hydrogen (secondary N) is 2. The maximum atomic E-state index is 13.8. The lowest BCUT2D eigenvalue weighted by molar-refractivity contribution is -0.287. The van der Waals surface area contributed by atoms with Crippen molar-refractivity contribution < 1.29 is 41.7 Å². The number of amides is 2. The van der Waals surface area contributed by atoms with Gasteiger partial charge >= 0.3 is 12.2 Å². The lowest BCUT2D eigenvalue weighted by Gasteiger charge is -2.45. The maximum absolute atomic E-state index is 13.8. The second-order valence-corrected chi connectivity index (χ2v) is 6.80. The normalized spacial score (nSPS) is 25.4. The van der Waals surface area contributed by atoms with Crippen LogP contribution in [0.5, 0.6) is 11.5 Å². The minimum Gasteiger partial charge on any atom is -0.454 e. The van der Waals surface area contributed by atoms with Crippen LogP contribution in [0.3, 0.4) is 0 Å². The average molecular weight is 426 g/mol. The first-order valence-electron chi connectivity index (χ1n) is 8.67. The van der Waals surface area contributed by atoms with Crippen molar-refractivity contribution >= 4 is 11.8 Å². The molecule has 2 aliphatic rings. The first-order chi connectivity index (χ1) is 14.1. The van der Waals surface area contributed by atoms with Gasteiger partial charge in [-0.2, -0.15) is 13.2 Å². The van der Waals surface area contributed by atoms with Gasteiger partial charge in [-0.05, 0) is 42.0 Å². The van der Waals surface area contributed by atoms with Crippen molar-refractivity contribution in [3.05, 3.63) is 59.4 Å². The Hall–Kier alpha value is -3.34. The summed E-state index contributed by atoms with van der Waals surface area (Å²) in [5.41, 5.74) is -4.06. The van der Waals surface area contributed by atoms with Crippen molar-refractivity contribution in [1.29, 1.82) is 0 Å². The highest BCUT2D eigenvalue weighted by molar-refractivity contribution is 6.00. The monoisotopic (exact) mass is 426 g/mol. The number of hydrogen-bond donors (Lipinski definition) is 3. The number of aliphatic hydroxyl groups is 1. The van der Waals surface area contributed by atoms with E-state index in [4.69, 9.17) is 9.47 Å². The standard InChI is InChI=1S/C19H14F4N2O5/c20-11-4-1-9(2-5-11)16(26)14-15(10-3-6-12-13(7-10)30-8-29-12)24-17(27)25-18(14,28)19(21,22)23/h1-7,14-15,28H,8H2,(H2,24,25,27)/t14-,15-,18+/m1/s1. The van der Waals surface area contributed by atoms with Crippen LogP contribution in [0.1, 0.15) is 22.0 Å². The molecule has 0 aromatic heterocycles. The van der Waals surface area contributed by atoms with Crippen LogP contribution in [0.25, 0.3) is 0 Å². The lowest BCUT2D eigenvalue weighted by atomic mass is 9.77. The number of alkyl halides is 3. The number of carbonyl (C=O) groups excluding carboxylic acids is 2. The van der Waals surface area contributed by atoms with E-state index in [1.807, 2.05) is 0 Å². The van der Waals surface area contributed by atoms with Gasteiger partial charge in [0, 0.05) is 5.56 Å². The Morgan fingerprint density at radius 1 is 1.10 bits per heavy atom. The molecule has 0 saturated carbocycles. The smallest absolute Gasteiger partial charge is 0.437 e. The Kier molecular flexibility index (Phi) is 4.57. The van der Waals surface area contributed by atoms with E-state index in [2.05, 4.69) is 5.32 Å². The molecule has 3 atom stereocenters. The number of ether oxygens (including phenoxy) is 2. The Bertz CT molecular complexity index is 1010. The van der Waals surface area contributed by atoms with Gasteiger partial charge in [0.1, 0.15) is 11.7 Å². The maximum Gasteiger partial charge on any atom is 0.437 e. The fraction of sp³-hybridized carbons (Fsp3) is 0.263. The third-order valence-electron chi connectivity index (χ3n) is 4.97. The van der Waals surface area contributed by atoms with E-state index in [0.717, 1.165) is 24.3 Å². The van der Waals surface area contributed by atoms with E-state index in [0.29, 0.717) is 5.75 Å². The number of carbonyl (C=O) groups is 2. The van der Waals surface area contributed by atoms with Crippen LogP contribution in [0.2, 0.25) is 0 Å². The van der Waals surface area contributed by atoms with Gasteiger partial charge in [-0.1, -0.05) is 6.07 Å². The van der Waals surface area contributed by atoms with Crippen LogP contribution >= 0.6 is 0 Å². The molecule has 4 rings (SSSR count). The van der Waals surface area contributed by atoms with E-state index >= 15 is 0 Å². The molecule has 0 spiro atoms. The van der Waals surface area contributed by atoms with Gasteiger partial charge < -0.3 is 25.2 Å². The molecule has 30 heavy (non-hydrogen) atoms. The van der Waals surface area contributed by atoms with Crippen molar-refractivity contribution in [2.75, 3.05) is 6.79 Å². The molecule has 3 N–H and O–H groups in total. The molecule has 0 unspecified atom stereocenters. The molecule has 158 valence electrons. The molecule has 2 aliphatic heterocycles. The van der Waals surface area contributed by atoms with Gasteiger partial charge in [-0.25, -0.2) is 9.18 Å². The number of Topliss-reactive ketones (excluding diaryl/α,β-unsaturated/α-hetero) is 1. The number of benzene rings is 2. The Morgan fingerprint density at radius 2 is 1.77 bits per heavy atom. The first-order valence-corrected chi connectivity index (χ1v) is 8.67. The number of urea groups is 1. The van der Waals surface area contributed by atoms with Crippen LogP contribution in [0.4, 0.5) is 22.4 Å². The van der Waals surface area contributed by atoms with Gasteiger partial charge in [0.25, 0.3) is 0 Å². The summed E-state index contributed by atoms with van der Waals surface area (Å²) in [6.45, 7) is -0.0954. The van der Waals surface area contributed by atoms with Gasteiger partial charge in [0.05, 0.1) is 6.04 Å². The fourth-order valence-corrected chi connectivity index (χ4v) is 3.52. The van der Waals surface area contributed by atoms with Gasteiger partial charge in [0.2, 0.25) is 12.5 Å². The van der Waals surface area contributed by atoms with Gasteiger partial charge in [0.15, 0.2) is 17.3 Å². The molecule has 2 heterocycles. The largest absolute Gasteiger partial charge is 0.454 e. The Morgan fingerprint density at radius 3 is 2.43 bits per heavy atom. The minimum absolute atomic E-state index is 0.0808. The highest BCUT2D eigenvalue weighted by atomic mass is 19.4. The fourth-order valence-electron chi connectivity index (χ4n) is 3.52. The summed E-state index contributed by atoms with van der Waals surface area (Å²) in [5.74, 6) is -3.51. The zero-order valence-corrected chi connectivity index (χ0v) is 15.0. The van der Waals surface area contributed by atoms with Crippen molar-refractivity contribution in [1.82, 2.24) is 10.6 Å². The molecular formula is C19H14F4N2O5. The summed E-state index contributed by atoms with van der Waals surface area (Å²) >= 11 is 0. The SMILES string of the molecule is O=C1N[C@H](c2ccc3c(c2)OCO3)[C@H](C(=O)c2ccc(F)cc2)[C@](O)(C(F)(F)F)N1. The summed E-state index contributed by atoms with van der Waals surface area (Å²) in [6, 6.07) is 5.01. The third-order valence-corrected chi connectivity index (χ3v) is 4.97. The topological polar surface area (TPSA) is 96.9 Å². The van der Waals surface area contributed by atoms with E-state index in [9.17, 15) is 32.3 Å². The molecule has 2 aromatic rings. The van der Waals surface area contributed by atoms with E-state index in [1.165, 1.54) is 23.5 Å². The third kappa shape index (κ3) is 3.20. The van der Waals surface area contributed by atoms with E-state index < -0.39 is 41.5 Å². The summed E-state index contributed by atoms with van der Waals surface area (Å²) in [7, 11) is 0. The second-order valence-electron chi connectivity index (χ2n) is 6.80. The van der Waals surface area contributed by atoms with Crippen molar-refractivity contribution in [2.45, 2.75) is 17.9 Å². The second kappa shape index (κ2) is 6.87. The van der Waals surface area contributed by atoms with E-state index in [-0.39, 0.29) is 23.7 Å². The number of hydrogen-bond acceptors (Lipinski definition) is 5. The quantitative estimate of drug-likeness (QED) is 0.518. The number of halogens is 4. The number of rotatable bonds is 3. The summed E-state index contributed by atoms with van der Waals surface area (Å²) in [4.78, 5) is 25.1. The molecule has 0 radical (unpaired) electrons. The molecule has 2 amide bonds.